The third-order valence-corrected chi connectivity index (χ3v) is 1.34. The molecule has 0 atom stereocenters. The van der Waals surface area contributed by atoms with Crippen LogP contribution in [0.2, 0.25) is 0 Å². The second kappa shape index (κ2) is 3.16. The third kappa shape index (κ3) is 1.56. The zero-order chi connectivity index (χ0) is 8.27. The highest BCUT2D eigenvalue weighted by Crippen LogP contribution is 2.03. The van der Waals surface area contributed by atoms with Crippen LogP contribution in [0.15, 0.2) is 6.20 Å². The summed E-state index contributed by atoms with van der Waals surface area (Å²) in [4.78, 5) is 10.5. The molecule has 1 rings (SSSR count). The maximum absolute atomic E-state index is 10.5. The fourth-order valence-corrected chi connectivity index (χ4v) is 0.832. The van der Waals surface area contributed by atoms with Crippen molar-refractivity contribution < 1.29 is 9.90 Å². The fraction of sp³-hybridized carbons (Fsp3) is 0.333. The van der Waals surface area contributed by atoms with Crippen molar-refractivity contribution in [1.82, 2.24) is 10.2 Å². The topological polar surface area (TPSA) is 92.0 Å². The molecule has 0 aromatic carbocycles. The third-order valence-electron chi connectivity index (χ3n) is 1.34. The highest BCUT2D eigenvalue weighted by atomic mass is 16.4. The van der Waals surface area contributed by atoms with Crippen LogP contribution in [0, 0.1) is 0 Å². The zero-order valence-electron chi connectivity index (χ0n) is 5.87. The molecule has 5 heteroatoms. The van der Waals surface area contributed by atoms with Gasteiger partial charge in [-0.15, -0.1) is 0 Å². The molecule has 60 valence electrons. The Morgan fingerprint density at radius 3 is 3.09 bits per heavy atom. The van der Waals surface area contributed by atoms with E-state index in [1.54, 1.807) is 0 Å². The van der Waals surface area contributed by atoms with E-state index in [1.165, 1.54) is 6.20 Å². The quantitative estimate of drug-likeness (QED) is 0.554. The maximum atomic E-state index is 10.5. The number of nitrogens with zero attached hydrogens (tertiary/aromatic N) is 1. The molecule has 11 heavy (non-hydrogen) atoms. The minimum atomic E-state index is -0.970. The molecule has 0 aliphatic rings. The number of nitrogens with one attached hydrogen (secondary N) is 1. The molecule has 1 aromatic rings. The highest BCUT2D eigenvalue weighted by Gasteiger charge is 2.10. The molecule has 0 amide bonds. The monoisotopic (exact) mass is 155 g/mol. The summed E-state index contributed by atoms with van der Waals surface area (Å²) in [5.41, 5.74) is 6.04. The van der Waals surface area contributed by atoms with Crippen LogP contribution in [0.25, 0.3) is 0 Å². The van der Waals surface area contributed by atoms with Crippen molar-refractivity contribution in [3.05, 3.63) is 17.5 Å². The Kier molecular flexibility index (Phi) is 2.22. The van der Waals surface area contributed by atoms with Crippen molar-refractivity contribution in [3.8, 4) is 0 Å². The largest absolute Gasteiger partial charge is 0.478 e. The van der Waals surface area contributed by atoms with Crippen LogP contribution in [0.1, 0.15) is 16.1 Å². The first kappa shape index (κ1) is 7.74. The Bertz CT molecular complexity index is 256. The molecule has 0 radical (unpaired) electrons. The summed E-state index contributed by atoms with van der Waals surface area (Å²) in [6.45, 7) is 0.419. The van der Waals surface area contributed by atoms with Gasteiger partial charge in [0.2, 0.25) is 0 Å². The van der Waals surface area contributed by atoms with Crippen LogP contribution in [-0.4, -0.2) is 27.8 Å². The Morgan fingerprint density at radius 2 is 2.55 bits per heavy atom. The molecule has 0 aliphatic heterocycles. The van der Waals surface area contributed by atoms with Crippen LogP contribution in [-0.2, 0) is 6.42 Å². The van der Waals surface area contributed by atoms with Crippen LogP contribution in [0.3, 0.4) is 0 Å². The lowest BCUT2D eigenvalue weighted by molar-refractivity contribution is 0.0696. The SMILES string of the molecule is NCCc1[nH]ncc1C(=O)O. The molecule has 1 aromatic heterocycles. The summed E-state index contributed by atoms with van der Waals surface area (Å²) in [5.74, 6) is -0.970. The smallest absolute Gasteiger partial charge is 0.339 e. The van der Waals surface area contributed by atoms with E-state index in [4.69, 9.17) is 10.8 Å². The molecule has 1 heterocycles. The minimum absolute atomic E-state index is 0.204. The predicted molar refractivity (Wildman–Crippen MR) is 38.3 cm³/mol. The van der Waals surface area contributed by atoms with Crippen molar-refractivity contribution in [1.29, 1.82) is 0 Å². The highest BCUT2D eigenvalue weighted by molar-refractivity contribution is 5.88. The van der Waals surface area contributed by atoms with Crippen molar-refractivity contribution >= 4 is 5.97 Å². The second-order valence-electron chi connectivity index (χ2n) is 2.11. The molecule has 0 unspecified atom stereocenters. The Hall–Kier alpha value is -1.36. The molecule has 0 bridgehead atoms. The molecule has 5 nitrogen and oxygen atoms in total. The number of aromatic nitrogens is 2. The average Bonchev–Trinajstić information content (AvgIpc) is 2.36. The lowest BCUT2D eigenvalue weighted by Crippen LogP contribution is -2.07. The van der Waals surface area contributed by atoms with Gasteiger partial charge in [-0.25, -0.2) is 4.79 Å². The van der Waals surface area contributed by atoms with Gasteiger partial charge in [-0.05, 0) is 6.54 Å². The van der Waals surface area contributed by atoms with Gasteiger partial charge in [0, 0.05) is 6.42 Å². The van der Waals surface area contributed by atoms with Gasteiger partial charge in [-0.1, -0.05) is 0 Å². The zero-order valence-corrected chi connectivity index (χ0v) is 5.87. The van der Waals surface area contributed by atoms with Gasteiger partial charge >= 0.3 is 5.97 Å². The van der Waals surface area contributed by atoms with Crippen molar-refractivity contribution in [2.75, 3.05) is 6.54 Å². The number of aromatic carboxylic acids is 1. The van der Waals surface area contributed by atoms with Gasteiger partial charge in [-0.3, -0.25) is 5.10 Å². The first-order valence-electron chi connectivity index (χ1n) is 3.21. The van der Waals surface area contributed by atoms with Crippen molar-refractivity contribution in [2.24, 2.45) is 5.73 Å². The molecule has 0 saturated heterocycles. The van der Waals surface area contributed by atoms with Crippen LogP contribution < -0.4 is 5.73 Å². The second-order valence-corrected chi connectivity index (χ2v) is 2.11. The molecule has 0 spiro atoms. The van der Waals surface area contributed by atoms with E-state index in [2.05, 4.69) is 10.2 Å². The number of aromatic amines is 1. The average molecular weight is 155 g/mol. The number of nitrogens with two attached hydrogens (primary N) is 1. The van der Waals surface area contributed by atoms with E-state index in [9.17, 15) is 4.79 Å². The Balaban J connectivity index is 2.87. The van der Waals surface area contributed by atoms with E-state index < -0.39 is 5.97 Å². The first-order valence-corrected chi connectivity index (χ1v) is 3.21. The van der Waals surface area contributed by atoms with Crippen LogP contribution >= 0.6 is 0 Å². The molecular formula is C6H9N3O2. The summed E-state index contributed by atoms with van der Waals surface area (Å²) in [7, 11) is 0. The van der Waals surface area contributed by atoms with E-state index in [0.717, 1.165) is 0 Å². The lowest BCUT2D eigenvalue weighted by atomic mass is 10.2. The number of carboxylic acid groups (broad SMARTS) is 1. The van der Waals surface area contributed by atoms with Crippen LogP contribution in [0.4, 0.5) is 0 Å². The molecular weight excluding hydrogens is 146 g/mol. The minimum Gasteiger partial charge on any atom is -0.478 e. The Morgan fingerprint density at radius 1 is 1.82 bits per heavy atom. The van der Waals surface area contributed by atoms with E-state index in [-0.39, 0.29) is 5.56 Å². The van der Waals surface area contributed by atoms with E-state index >= 15 is 0 Å². The number of rotatable bonds is 3. The normalized spacial score (nSPS) is 9.91. The van der Waals surface area contributed by atoms with Gasteiger partial charge < -0.3 is 10.8 Å². The van der Waals surface area contributed by atoms with Gasteiger partial charge in [-0.2, -0.15) is 5.10 Å². The molecule has 0 fully saturated rings. The lowest BCUT2D eigenvalue weighted by Gasteiger charge is -1.93. The standard InChI is InChI=1S/C6H9N3O2/c7-2-1-5-4(6(10)11)3-8-9-5/h3H,1-2,7H2,(H,8,9)(H,10,11). The Labute approximate surface area is 63.2 Å². The number of carbonyl (C=O) groups is 1. The summed E-state index contributed by atoms with van der Waals surface area (Å²) in [6.07, 6.45) is 1.80. The maximum Gasteiger partial charge on any atom is 0.339 e. The van der Waals surface area contributed by atoms with E-state index in [1.807, 2.05) is 0 Å². The number of hydrogen-bond donors (Lipinski definition) is 3. The van der Waals surface area contributed by atoms with Gasteiger partial charge in [0.1, 0.15) is 5.56 Å². The summed E-state index contributed by atoms with van der Waals surface area (Å²) in [5, 5.41) is 14.8. The number of H-pyrrole nitrogens is 1. The summed E-state index contributed by atoms with van der Waals surface area (Å²) >= 11 is 0. The first-order chi connectivity index (χ1) is 5.25. The molecule has 0 aliphatic carbocycles. The van der Waals surface area contributed by atoms with E-state index in [0.29, 0.717) is 18.7 Å². The molecule has 0 saturated carbocycles. The summed E-state index contributed by atoms with van der Waals surface area (Å²) < 4.78 is 0. The van der Waals surface area contributed by atoms with Crippen molar-refractivity contribution in [3.63, 3.8) is 0 Å². The predicted octanol–water partition coefficient (Wildman–Crippen LogP) is -0.391. The summed E-state index contributed by atoms with van der Waals surface area (Å²) in [6, 6.07) is 0. The van der Waals surface area contributed by atoms with Crippen molar-refractivity contribution in [2.45, 2.75) is 6.42 Å². The van der Waals surface area contributed by atoms with Gasteiger partial charge in [0.05, 0.1) is 11.9 Å². The number of hydrogen-bond acceptors (Lipinski definition) is 3. The van der Waals surface area contributed by atoms with Gasteiger partial charge in [0.15, 0.2) is 0 Å². The number of carboxylic acids is 1. The fourth-order valence-electron chi connectivity index (χ4n) is 0.832. The molecule has 4 N–H and O–H groups in total. The van der Waals surface area contributed by atoms with Gasteiger partial charge in [0.25, 0.3) is 0 Å². The van der Waals surface area contributed by atoms with Crippen LogP contribution in [0.5, 0.6) is 0 Å².